The quantitative estimate of drug-likeness (QED) is 0.0724. The molecule has 0 spiro atoms. The van der Waals surface area contributed by atoms with Crippen LogP contribution in [0, 0.1) is 5.92 Å². The maximum atomic E-state index is 12.8. The first-order valence-electron chi connectivity index (χ1n) is 15.6. The summed E-state index contributed by atoms with van der Waals surface area (Å²) in [6.07, 6.45) is -17.6. The van der Waals surface area contributed by atoms with Crippen LogP contribution < -0.4 is 34.0 Å². The Hall–Kier alpha value is -1.05. The van der Waals surface area contributed by atoms with Crippen LogP contribution in [0.5, 0.6) is 0 Å². The van der Waals surface area contributed by atoms with Gasteiger partial charge in [-0.1, -0.05) is 0 Å². The second kappa shape index (κ2) is 18.1. The van der Waals surface area contributed by atoms with E-state index in [-0.39, 0.29) is 45.4 Å². The van der Waals surface area contributed by atoms with Gasteiger partial charge in [-0.2, -0.15) is 0 Å². The summed E-state index contributed by atoms with van der Waals surface area (Å²) in [5, 5.41) is 86.5. The van der Waals surface area contributed by atoms with E-state index in [1.165, 1.54) is 0 Å². The highest BCUT2D eigenvalue weighted by atomic mass is 16.7. The molecule has 270 valence electrons. The minimum absolute atomic E-state index is 0.000118. The van der Waals surface area contributed by atoms with Crippen molar-refractivity contribution in [2.45, 2.75) is 124 Å². The number of aliphatic hydroxyl groups excluding tert-OH is 8. The van der Waals surface area contributed by atoms with Crippen LogP contribution >= 0.6 is 0 Å². The molecule has 2 unspecified atom stereocenters. The molecule has 0 radical (unpaired) electrons. The lowest BCUT2D eigenvalue weighted by molar-refractivity contribution is -0.323. The lowest BCUT2D eigenvalue weighted by Crippen LogP contribution is -2.68. The third-order valence-corrected chi connectivity index (χ3v) is 8.90. The predicted molar refractivity (Wildman–Crippen MR) is 158 cm³/mol. The molecule has 3 fully saturated rings. The average molecular weight is 671 g/mol. The number of ketones is 1. The Morgan fingerprint density at radius 2 is 1.43 bits per heavy atom. The van der Waals surface area contributed by atoms with E-state index in [0.717, 1.165) is 0 Å². The van der Waals surface area contributed by atoms with Crippen LogP contribution in [0.2, 0.25) is 0 Å². The number of aliphatic hydroxyl groups is 8. The van der Waals surface area contributed by atoms with Gasteiger partial charge in [-0.3, -0.25) is 4.79 Å². The molecule has 3 rings (SSSR count). The van der Waals surface area contributed by atoms with Crippen LogP contribution in [0.25, 0.3) is 0 Å². The third-order valence-electron chi connectivity index (χ3n) is 8.90. The van der Waals surface area contributed by atoms with Gasteiger partial charge in [0.15, 0.2) is 18.4 Å². The molecule has 19 nitrogen and oxygen atoms in total. The van der Waals surface area contributed by atoms with Gasteiger partial charge in [0.2, 0.25) is 0 Å². The maximum Gasteiger partial charge on any atom is 0.186 e. The van der Waals surface area contributed by atoms with Gasteiger partial charge in [0.25, 0.3) is 0 Å². The van der Waals surface area contributed by atoms with E-state index >= 15 is 0 Å². The van der Waals surface area contributed by atoms with Gasteiger partial charge in [-0.15, -0.1) is 0 Å². The third kappa shape index (κ3) is 9.55. The van der Waals surface area contributed by atoms with E-state index in [9.17, 15) is 45.6 Å². The molecule has 1 aliphatic carbocycles. The van der Waals surface area contributed by atoms with Gasteiger partial charge in [-0.05, 0) is 38.3 Å². The summed E-state index contributed by atoms with van der Waals surface area (Å²) < 4.78 is 23.4. The van der Waals surface area contributed by atoms with Gasteiger partial charge < -0.3 is 93.8 Å². The molecule has 0 amide bonds. The predicted octanol–water partition coefficient (Wildman–Crippen LogP) is -8.03. The molecule has 3 aliphatic rings. The molecular formula is C27H54N6O13. The molecule has 0 aromatic carbocycles. The molecule has 0 aromatic heterocycles. The highest BCUT2D eigenvalue weighted by Crippen LogP contribution is 2.36. The monoisotopic (exact) mass is 670 g/mol. The van der Waals surface area contributed by atoms with Crippen LogP contribution in [0.15, 0.2) is 0 Å². The molecule has 0 aromatic rings. The topological polar surface area (TPSA) is 358 Å². The summed E-state index contributed by atoms with van der Waals surface area (Å²) in [5.74, 6) is -1.43. The fourth-order valence-corrected chi connectivity index (χ4v) is 6.09. The molecule has 2 saturated heterocycles. The summed E-state index contributed by atoms with van der Waals surface area (Å²) in [6, 6.07) is -3.54. The first-order chi connectivity index (χ1) is 21.7. The fourth-order valence-electron chi connectivity index (χ4n) is 6.09. The summed E-state index contributed by atoms with van der Waals surface area (Å²) in [6.45, 7) is -0.216. The summed E-state index contributed by atoms with van der Waals surface area (Å²) in [5.41, 5.74) is 29.4. The van der Waals surface area contributed by atoms with Crippen LogP contribution in [-0.2, 0) is 23.7 Å². The number of nitrogens with one attached hydrogen (secondary N) is 1. The number of nitrogens with two attached hydrogens (primary N) is 5. The molecule has 19 heteroatoms. The second-order valence-electron chi connectivity index (χ2n) is 12.4. The van der Waals surface area contributed by atoms with Crippen molar-refractivity contribution in [2.75, 3.05) is 32.8 Å². The lowest BCUT2D eigenvalue weighted by atomic mass is 9.76. The van der Waals surface area contributed by atoms with Crippen LogP contribution in [0.1, 0.15) is 25.7 Å². The van der Waals surface area contributed by atoms with Crippen LogP contribution in [0.4, 0.5) is 0 Å². The summed E-state index contributed by atoms with van der Waals surface area (Å²) >= 11 is 0. The molecule has 19 N–H and O–H groups in total. The fraction of sp³-hybridized carbons (Fsp3) is 0.963. The van der Waals surface area contributed by atoms with Crippen molar-refractivity contribution in [1.82, 2.24) is 5.32 Å². The van der Waals surface area contributed by atoms with Crippen molar-refractivity contribution in [3.05, 3.63) is 0 Å². The number of carbonyl (C=O) groups is 1. The van der Waals surface area contributed by atoms with E-state index in [0.29, 0.717) is 6.42 Å². The molecule has 1 saturated carbocycles. The number of Topliss-reactive ketones (excluding diaryl/α,β-unsaturated/α-hetero) is 1. The van der Waals surface area contributed by atoms with Crippen molar-refractivity contribution in [3.63, 3.8) is 0 Å². The molecule has 46 heavy (non-hydrogen) atoms. The second-order valence-corrected chi connectivity index (χ2v) is 12.4. The van der Waals surface area contributed by atoms with Crippen molar-refractivity contribution >= 4 is 5.78 Å². The molecular weight excluding hydrogens is 616 g/mol. The van der Waals surface area contributed by atoms with Crippen molar-refractivity contribution in [2.24, 2.45) is 34.6 Å². The van der Waals surface area contributed by atoms with Crippen molar-refractivity contribution in [3.8, 4) is 0 Å². The van der Waals surface area contributed by atoms with Gasteiger partial charge >= 0.3 is 0 Å². The number of rotatable bonds is 16. The minimum atomic E-state index is -1.64. The van der Waals surface area contributed by atoms with Crippen LogP contribution in [0.3, 0.4) is 0 Å². The SMILES string of the molecule is NCCC(O)CNC[C@H]1O[C@H](OC2[C@@H](N)C[C@@H](CC(=O)[C@@H](O)CCN)[C@H](O[C@H]3O[C@H](CO)[C@@H](O)[C@H](N)[C@H]3O)[C@H]2O)[C@H](N)[C@@H](O)[C@@H]1O. The number of carbonyl (C=O) groups excluding carboxylic acids is 1. The van der Waals surface area contributed by atoms with E-state index in [4.69, 9.17) is 47.6 Å². The highest BCUT2D eigenvalue weighted by molar-refractivity contribution is 5.83. The Morgan fingerprint density at radius 1 is 0.804 bits per heavy atom. The van der Waals surface area contributed by atoms with E-state index in [1.54, 1.807) is 0 Å². The normalized spacial score (nSPS) is 43.3. The van der Waals surface area contributed by atoms with Gasteiger partial charge in [0.05, 0.1) is 30.9 Å². The zero-order valence-electron chi connectivity index (χ0n) is 25.7. The van der Waals surface area contributed by atoms with Crippen molar-refractivity contribution in [1.29, 1.82) is 0 Å². The zero-order valence-corrected chi connectivity index (χ0v) is 25.7. The Labute approximate surface area is 266 Å². The Morgan fingerprint density at radius 3 is 2.07 bits per heavy atom. The summed E-state index contributed by atoms with van der Waals surface area (Å²) in [4.78, 5) is 12.8. The zero-order chi connectivity index (χ0) is 34.3. The number of ether oxygens (including phenoxy) is 4. The molecule has 2 aliphatic heterocycles. The molecule has 17 atom stereocenters. The first-order valence-corrected chi connectivity index (χ1v) is 15.6. The molecule has 0 bridgehead atoms. The smallest absolute Gasteiger partial charge is 0.186 e. The van der Waals surface area contributed by atoms with Crippen molar-refractivity contribution < 1.29 is 64.6 Å². The number of hydrogen-bond acceptors (Lipinski definition) is 19. The van der Waals surface area contributed by atoms with E-state index in [1.807, 2.05) is 0 Å². The minimum Gasteiger partial charge on any atom is -0.394 e. The standard InChI is InChI=1S/C27H54N6O13/c28-3-1-11(35)7-33-8-15-20(39)21(40)18(32)26(43-15)46-25-12(30)5-10(6-14(37)13(36)2-4-29)24(23(25)42)45-27-22(41)17(31)19(38)16(9-34)44-27/h10-13,15-27,33-36,38-42H,1-9,28-32H2/t10-,11?,12-,13-,15+,16+,17-,18+,19+,20+,21+,22+,23+,24-,25?,26+,27+/m0/s1. The summed E-state index contributed by atoms with van der Waals surface area (Å²) in [7, 11) is 0. The lowest BCUT2D eigenvalue weighted by Gasteiger charge is -2.49. The Balaban J connectivity index is 1.80. The van der Waals surface area contributed by atoms with E-state index in [2.05, 4.69) is 5.32 Å². The Kier molecular flexibility index (Phi) is 15.5. The maximum absolute atomic E-state index is 12.8. The average Bonchev–Trinajstić information content (AvgIpc) is 3.01. The number of hydrogen-bond donors (Lipinski definition) is 14. The van der Waals surface area contributed by atoms with Gasteiger partial charge in [0.1, 0.15) is 54.9 Å². The Bertz CT molecular complexity index is 929. The van der Waals surface area contributed by atoms with Gasteiger partial charge in [-0.25, -0.2) is 0 Å². The molecule has 2 heterocycles. The van der Waals surface area contributed by atoms with Gasteiger partial charge in [0, 0.05) is 25.6 Å². The highest BCUT2D eigenvalue weighted by Gasteiger charge is 2.52. The van der Waals surface area contributed by atoms with E-state index < -0.39 is 116 Å². The largest absolute Gasteiger partial charge is 0.394 e. The van der Waals surface area contributed by atoms with Crippen LogP contribution in [-0.4, -0.2) is 177 Å². The first kappa shape index (κ1) is 39.4.